The van der Waals surface area contributed by atoms with Crippen molar-refractivity contribution in [3.8, 4) is 11.4 Å². The van der Waals surface area contributed by atoms with Crippen LogP contribution in [0.25, 0.3) is 22.3 Å². The van der Waals surface area contributed by atoms with Crippen molar-refractivity contribution in [2.45, 2.75) is 57.6 Å². The number of carbonyl (C=O) groups excluding carboxylic acids is 1. The van der Waals surface area contributed by atoms with Gasteiger partial charge in [-0.15, -0.1) is 0 Å². The fraction of sp³-hybridized carbons (Fsp3) is 0.371. The Morgan fingerprint density at radius 3 is 2.60 bits per heavy atom. The van der Waals surface area contributed by atoms with E-state index in [1.807, 2.05) is 78.7 Å². The van der Waals surface area contributed by atoms with Gasteiger partial charge in [-0.2, -0.15) is 0 Å². The third-order valence-electron chi connectivity index (χ3n) is 8.41. The largest absolute Gasteiger partial charge is 0.385 e. The summed E-state index contributed by atoms with van der Waals surface area (Å²) in [6.07, 6.45) is 2.53. The molecule has 6 nitrogen and oxygen atoms in total. The molecule has 2 heterocycles. The molecule has 1 fully saturated rings. The summed E-state index contributed by atoms with van der Waals surface area (Å²) in [6.45, 7) is 10.2. The number of aromatic nitrogens is 2. The molecule has 3 aromatic carbocycles. The first-order chi connectivity index (χ1) is 20.3. The first kappa shape index (κ1) is 30.1. The van der Waals surface area contributed by atoms with Crippen LogP contribution in [0.15, 0.2) is 66.7 Å². The molecule has 42 heavy (non-hydrogen) atoms. The summed E-state index contributed by atoms with van der Waals surface area (Å²) in [6, 6.07) is 21.4. The van der Waals surface area contributed by atoms with E-state index in [0.29, 0.717) is 53.5 Å². The minimum Gasteiger partial charge on any atom is -0.385 e. The van der Waals surface area contributed by atoms with Gasteiger partial charge in [-0.05, 0) is 67.6 Å². The third kappa shape index (κ3) is 5.94. The predicted octanol–water partition coefficient (Wildman–Crippen LogP) is 7.15. The molecule has 0 bridgehead atoms. The predicted molar refractivity (Wildman–Crippen MR) is 170 cm³/mol. The van der Waals surface area contributed by atoms with E-state index in [1.165, 1.54) is 0 Å². The molecule has 1 aliphatic rings. The van der Waals surface area contributed by atoms with Gasteiger partial charge < -0.3 is 15.3 Å². The topological polar surface area (TPSA) is 78.4 Å². The van der Waals surface area contributed by atoms with Crippen LogP contribution in [-0.2, 0) is 12.1 Å². The Morgan fingerprint density at radius 1 is 1.12 bits per heavy atom. The van der Waals surface area contributed by atoms with Gasteiger partial charge in [0.05, 0.1) is 21.8 Å². The number of aliphatic hydroxyl groups is 1. The van der Waals surface area contributed by atoms with Gasteiger partial charge in [0.1, 0.15) is 0 Å². The van der Waals surface area contributed by atoms with Gasteiger partial charge in [0.25, 0.3) is 5.91 Å². The van der Waals surface area contributed by atoms with E-state index in [2.05, 4.69) is 26.1 Å². The van der Waals surface area contributed by atoms with Crippen molar-refractivity contribution in [2.24, 2.45) is 5.92 Å². The van der Waals surface area contributed by atoms with Crippen LogP contribution in [0.5, 0.6) is 0 Å². The molecule has 1 radical (unpaired) electrons. The Hall–Kier alpha value is -3.32. The number of fused-ring (bicyclic) bond motifs is 1. The smallest absolute Gasteiger partial charge is 0.253 e. The van der Waals surface area contributed by atoms with E-state index in [4.69, 9.17) is 21.6 Å². The molecule has 5 rings (SSSR count). The number of piperidine rings is 1. The molecule has 1 aromatic heterocycles. The number of amides is 1. The highest BCUT2D eigenvalue weighted by atomic mass is 35.5. The molecule has 1 amide bonds. The first-order valence-electron chi connectivity index (χ1n) is 14.9. The van der Waals surface area contributed by atoms with E-state index in [9.17, 15) is 9.90 Å². The highest BCUT2D eigenvalue weighted by molar-refractivity contribution is 6.33. The summed E-state index contributed by atoms with van der Waals surface area (Å²) in [5.41, 5.74) is 3.63. The SMILES string of the molecule is [CH2]CCC(O)(c1cccc(Cl)c1-c1nc(C(C)C)c2ccccc2n1)C1CCCN(C(=O)c2ccc(CNC)cc2)C1. The molecule has 2 unspecified atom stereocenters. The number of hydrogen-bond acceptors (Lipinski definition) is 5. The second-order valence-corrected chi connectivity index (χ2v) is 12.0. The van der Waals surface area contributed by atoms with Crippen LogP contribution in [0.2, 0.25) is 5.02 Å². The van der Waals surface area contributed by atoms with Crippen molar-refractivity contribution in [1.29, 1.82) is 0 Å². The summed E-state index contributed by atoms with van der Waals surface area (Å²) in [7, 11) is 1.90. The van der Waals surface area contributed by atoms with E-state index in [1.54, 1.807) is 0 Å². The van der Waals surface area contributed by atoms with E-state index < -0.39 is 5.60 Å². The highest BCUT2D eigenvalue weighted by Crippen LogP contribution is 2.45. The quantitative estimate of drug-likeness (QED) is 0.219. The first-order valence-corrected chi connectivity index (χ1v) is 15.2. The molecule has 0 spiro atoms. The summed E-state index contributed by atoms with van der Waals surface area (Å²) in [5, 5.41) is 17.3. The zero-order chi connectivity index (χ0) is 29.9. The lowest BCUT2D eigenvalue weighted by atomic mass is 9.72. The summed E-state index contributed by atoms with van der Waals surface area (Å²) >= 11 is 6.91. The molecule has 2 atom stereocenters. The lowest BCUT2D eigenvalue weighted by Gasteiger charge is -2.43. The number of nitrogens with one attached hydrogen (secondary N) is 1. The van der Waals surface area contributed by atoms with Crippen LogP contribution in [0.4, 0.5) is 0 Å². The molecular formula is C35H40ClN4O2. The average Bonchev–Trinajstić information content (AvgIpc) is 3.00. The van der Waals surface area contributed by atoms with Crippen LogP contribution in [0.3, 0.4) is 0 Å². The van der Waals surface area contributed by atoms with Crippen molar-refractivity contribution in [3.05, 3.63) is 101 Å². The van der Waals surface area contributed by atoms with Crippen LogP contribution >= 0.6 is 11.6 Å². The molecule has 2 N–H and O–H groups in total. The average molecular weight is 584 g/mol. The highest BCUT2D eigenvalue weighted by Gasteiger charge is 2.43. The number of para-hydroxylation sites is 1. The van der Waals surface area contributed by atoms with E-state index in [-0.39, 0.29) is 17.7 Å². The Kier molecular flexibility index (Phi) is 9.26. The molecule has 0 aliphatic carbocycles. The maximum atomic E-state index is 13.6. The molecule has 1 aliphatic heterocycles. The van der Waals surface area contributed by atoms with Gasteiger partial charge in [-0.25, -0.2) is 9.97 Å². The van der Waals surface area contributed by atoms with Gasteiger partial charge in [-0.3, -0.25) is 4.79 Å². The van der Waals surface area contributed by atoms with Crippen LogP contribution in [-0.4, -0.2) is 46.0 Å². The number of likely N-dealkylation sites (tertiary alicyclic amines) is 1. The fourth-order valence-corrected chi connectivity index (χ4v) is 6.56. The van der Waals surface area contributed by atoms with Gasteiger partial charge >= 0.3 is 0 Å². The normalized spacial score (nSPS) is 17.0. The number of rotatable bonds is 9. The number of carbonyl (C=O) groups is 1. The monoisotopic (exact) mass is 583 g/mol. The number of benzene rings is 3. The zero-order valence-corrected chi connectivity index (χ0v) is 25.5. The second kappa shape index (κ2) is 12.9. The van der Waals surface area contributed by atoms with Crippen LogP contribution in [0, 0.1) is 12.8 Å². The van der Waals surface area contributed by atoms with E-state index in [0.717, 1.165) is 41.5 Å². The maximum Gasteiger partial charge on any atom is 0.253 e. The molecule has 1 saturated heterocycles. The molecule has 0 saturated carbocycles. The minimum atomic E-state index is -1.27. The Balaban J connectivity index is 1.54. The van der Waals surface area contributed by atoms with Gasteiger partial charge in [0.2, 0.25) is 0 Å². The standard InChI is InChI=1S/C35H40ClN4O2/c1-5-19-35(42,26-10-9-20-40(22-26)34(41)25-17-15-24(16-18-25)21-37-4)28-12-8-13-29(36)31(28)33-38-30-14-7-6-11-27(30)32(39-33)23(2)3/h6-8,11-18,23,26,37,42H,1,5,9-10,19-22H2,2-4H3. The van der Waals surface area contributed by atoms with E-state index >= 15 is 0 Å². The van der Waals surface area contributed by atoms with Crippen LogP contribution in [0.1, 0.15) is 72.6 Å². The third-order valence-corrected chi connectivity index (χ3v) is 8.72. The maximum absolute atomic E-state index is 13.6. The van der Waals surface area contributed by atoms with Crippen molar-refractivity contribution >= 4 is 28.4 Å². The van der Waals surface area contributed by atoms with Crippen molar-refractivity contribution in [2.75, 3.05) is 20.1 Å². The number of halogens is 1. The number of hydrogen-bond donors (Lipinski definition) is 2. The van der Waals surface area contributed by atoms with Crippen molar-refractivity contribution < 1.29 is 9.90 Å². The summed E-state index contributed by atoms with van der Waals surface area (Å²) in [4.78, 5) is 25.4. The Bertz CT molecular complexity index is 1550. The van der Waals surface area contributed by atoms with Crippen molar-refractivity contribution in [3.63, 3.8) is 0 Å². The molecule has 219 valence electrons. The molecule has 7 heteroatoms. The lowest BCUT2D eigenvalue weighted by molar-refractivity contribution is -0.0546. The van der Waals surface area contributed by atoms with Gasteiger partial charge in [0, 0.05) is 42.1 Å². The number of nitrogens with zero attached hydrogens (tertiary/aromatic N) is 3. The van der Waals surface area contributed by atoms with Gasteiger partial charge in [0.15, 0.2) is 5.82 Å². The zero-order valence-electron chi connectivity index (χ0n) is 24.7. The minimum absolute atomic E-state index is 0.0153. The molecule has 4 aromatic rings. The molecular weight excluding hydrogens is 544 g/mol. The van der Waals surface area contributed by atoms with Gasteiger partial charge in [-0.1, -0.05) is 81.3 Å². The summed E-state index contributed by atoms with van der Waals surface area (Å²) < 4.78 is 0. The van der Waals surface area contributed by atoms with Crippen molar-refractivity contribution in [1.82, 2.24) is 20.2 Å². The lowest BCUT2D eigenvalue weighted by Crippen LogP contribution is -2.48. The van der Waals surface area contributed by atoms with Crippen LogP contribution < -0.4 is 5.32 Å². The Morgan fingerprint density at radius 2 is 1.88 bits per heavy atom. The Labute approximate surface area is 254 Å². The summed E-state index contributed by atoms with van der Waals surface area (Å²) in [5.74, 6) is 0.457. The second-order valence-electron chi connectivity index (χ2n) is 11.6. The fourth-order valence-electron chi connectivity index (χ4n) is 6.30.